The highest BCUT2D eigenvalue weighted by Gasteiger charge is 2.26. The summed E-state index contributed by atoms with van der Waals surface area (Å²) in [5.74, 6) is -0.0210. The fraction of sp³-hybridized carbons (Fsp3) is 0.158. The first-order valence-corrected chi connectivity index (χ1v) is 9.77. The van der Waals surface area contributed by atoms with Crippen LogP contribution >= 0.6 is 22.7 Å². The number of carbonyl (C=O) groups excluding carboxylic acids is 2. The van der Waals surface area contributed by atoms with Crippen LogP contribution in [0.4, 0.5) is 11.4 Å². The highest BCUT2D eigenvalue weighted by molar-refractivity contribution is 7.12. The Morgan fingerprint density at radius 1 is 1.08 bits per heavy atom. The van der Waals surface area contributed by atoms with E-state index in [0.29, 0.717) is 13.0 Å². The van der Waals surface area contributed by atoms with Crippen LogP contribution in [0.5, 0.6) is 0 Å². The zero-order valence-corrected chi connectivity index (χ0v) is 15.0. The van der Waals surface area contributed by atoms with Crippen LogP contribution in [0, 0.1) is 0 Å². The van der Waals surface area contributed by atoms with Crippen LogP contribution in [0.15, 0.2) is 53.2 Å². The van der Waals surface area contributed by atoms with Crippen LogP contribution in [-0.2, 0) is 17.6 Å². The second-order valence-electron chi connectivity index (χ2n) is 5.83. The number of hydrogen-bond donors (Lipinski definition) is 1. The van der Waals surface area contributed by atoms with E-state index in [1.165, 1.54) is 11.3 Å². The van der Waals surface area contributed by atoms with Crippen molar-refractivity contribution in [2.24, 2.45) is 0 Å². The number of amides is 2. The second kappa shape index (κ2) is 6.82. The van der Waals surface area contributed by atoms with Gasteiger partial charge in [-0.15, -0.1) is 22.7 Å². The summed E-state index contributed by atoms with van der Waals surface area (Å²) in [6.45, 7) is 0.679. The molecular formula is C19H16N2O2S2. The first-order valence-electron chi connectivity index (χ1n) is 8.01. The van der Waals surface area contributed by atoms with Crippen molar-refractivity contribution in [3.05, 3.63) is 68.5 Å². The molecule has 6 heteroatoms. The number of nitrogens with zero attached hydrogens (tertiary/aromatic N) is 1. The van der Waals surface area contributed by atoms with E-state index < -0.39 is 0 Å². The lowest BCUT2D eigenvalue weighted by atomic mass is 10.1. The molecule has 0 radical (unpaired) electrons. The van der Waals surface area contributed by atoms with Gasteiger partial charge in [-0.05, 0) is 47.0 Å². The zero-order valence-electron chi connectivity index (χ0n) is 13.4. The van der Waals surface area contributed by atoms with Crippen LogP contribution in [0.3, 0.4) is 0 Å². The fourth-order valence-electron chi connectivity index (χ4n) is 2.98. The molecule has 1 aliphatic rings. The van der Waals surface area contributed by atoms with Crippen molar-refractivity contribution in [3.63, 3.8) is 0 Å². The Bertz CT molecular complexity index is 902. The molecule has 3 heterocycles. The molecular weight excluding hydrogens is 352 g/mol. The van der Waals surface area contributed by atoms with Gasteiger partial charge in [0.2, 0.25) is 5.91 Å². The van der Waals surface area contributed by atoms with Gasteiger partial charge in [0.1, 0.15) is 0 Å². The Kier molecular flexibility index (Phi) is 4.38. The van der Waals surface area contributed by atoms with Crippen molar-refractivity contribution >= 4 is 45.9 Å². The van der Waals surface area contributed by atoms with Crippen molar-refractivity contribution in [1.82, 2.24) is 0 Å². The Labute approximate surface area is 153 Å². The molecule has 1 N–H and O–H groups in total. The number of hydrogen-bond acceptors (Lipinski definition) is 4. The van der Waals surface area contributed by atoms with Gasteiger partial charge in [-0.25, -0.2) is 0 Å². The highest BCUT2D eigenvalue weighted by atomic mass is 32.1. The number of anilines is 2. The molecule has 0 spiro atoms. The van der Waals surface area contributed by atoms with E-state index in [1.54, 1.807) is 16.2 Å². The third-order valence-corrected chi connectivity index (χ3v) is 5.89. The van der Waals surface area contributed by atoms with Gasteiger partial charge in [0.25, 0.3) is 5.91 Å². The molecule has 0 saturated heterocycles. The average Bonchev–Trinajstić information content (AvgIpc) is 3.35. The summed E-state index contributed by atoms with van der Waals surface area (Å²) in [5, 5.41) is 6.81. The Morgan fingerprint density at radius 2 is 1.92 bits per heavy atom. The van der Waals surface area contributed by atoms with E-state index in [9.17, 15) is 9.59 Å². The molecule has 25 heavy (non-hydrogen) atoms. The van der Waals surface area contributed by atoms with Gasteiger partial charge in [0.05, 0.1) is 11.3 Å². The number of rotatable bonds is 4. The molecule has 0 saturated carbocycles. The molecule has 3 aromatic rings. The molecule has 2 aromatic heterocycles. The van der Waals surface area contributed by atoms with Crippen molar-refractivity contribution in [3.8, 4) is 0 Å². The van der Waals surface area contributed by atoms with Gasteiger partial charge in [0.15, 0.2) is 0 Å². The predicted molar refractivity (Wildman–Crippen MR) is 103 cm³/mol. The molecule has 4 rings (SSSR count). The van der Waals surface area contributed by atoms with Crippen LogP contribution in [0.1, 0.15) is 20.1 Å². The van der Waals surface area contributed by atoms with Gasteiger partial charge in [-0.2, -0.15) is 0 Å². The number of nitrogens with one attached hydrogen (secondary N) is 1. The summed E-state index contributed by atoms with van der Waals surface area (Å²) in [6.07, 6.45) is 1.21. The van der Waals surface area contributed by atoms with Gasteiger partial charge in [0, 0.05) is 22.8 Å². The van der Waals surface area contributed by atoms with Gasteiger partial charge in [-0.3, -0.25) is 9.59 Å². The molecule has 0 fully saturated rings. The van der Waals surface area contributed by atoms with Crippen LogP contribution in [0.25, 0.3) is 0 Å². The normalized spacial score (nSPS) is 12.9. The number of benzene rings is 1. The van der Waals surface area contributed by atoms with Crippen LogP contribution < -0.4 is 10.2 Å². The van der Waals surface area contributed by atoms with Crippen molar-refractivity contribution in [2.45, 2.75) is 12.8 Å². The second-order valence-corrected chi connectivity index (χ2v) is 7.81. The maximum absolute atomic E-state index is 12.7. The summed E-state index contributed by atoms with van der Waals surface area (Å²) in [7, 11) is 0. The highest BCUT2D eigenvalue weighted by Crippen LogP contribution is 2.32. The quantitative estimate of drug-likeness (QED) is 0.750. The summed E-state index contributed by atoms with van der Waals surface area (Å²) in [4.78, 5) is 28.4. The Morgan fingerprint density at radius 3 is 2.68 bits per heavy atom. The SMILES string of the molecule is O=C(Cc1cccs1)Nc1ccc2c(c1)N(C(=O)c1cccs1)CC2. The Hall–Kier alpha value is -2.44. The molecule has 2 amide bonds. The number of carbonyl (C=O) groups is 2. The topological polar surface area (TPSA) is 49.4 Å². The maximum atomic E-state index is 12.7. The van der Waals surface area contributed by atoms with Gasteiger partial charge < -0.3 is 10.2 Å². The third kappa shape index (κ3) is 3.36. The lowest BCUT2D eigenvalue weighted by Crippen LogP contribution is -2.28. The van der Waals surface area contributed by atoms with Crippen molar-refractivity contribution in [2.75, 3.05) is 16.8 Å². The largest absolute Gasteiger partial charge is 0.326 e. The molecule has 0 unspecified atom stereocenters. The van der Waals surface area contributed by atoms with E-state index in [-0.39, 0.29) is 11.8 Å². The van der Waals surface area contributed by atoms with Crippen LogP contribution in [-0.4, -0.2) is 18.4 Å². The lowest BCUT2D eigenvalue weighted by Gasteiger charge is -2.17. The first kappa shape index (κ1) is 16.1. The predicted octanol–water partition coefficient (Wildman–Crippen LogP) is 4.19. The lowest BCUT2D eigenvalue weighted by molar-refractivity contribution is -0.115. The smallest absolute Gasteiger partial charge is 0.268 e. The molecule has 1 aromatic carbocycles. The minimum Gasteiger partial charge on any atom is -0.326 e. The average molecular weight is 368 g/mol. The maximum Gasteiger partial charge on any atom is 0.268 e. The fourth-order valence-corrected chi connectivity index (χ4v) is 4.35. The van der Waals surface area contributed by atoms with Gasteiger partial charge >= 0.3 is 0 Å². The van der Waals surface area contributed by atoms with E-state index in [0.717, 1.165) is 33.1 Å². The summed E-state index contributed by atoms with van der Waals surface area (Å²) < 4.78 is 0. The summed E-state index contributed by atoms with van der Waals surface area (Å²) in [6, 6.07) is 13.4. The molecule has 4 nitrogen and oxygen atoms in total. The Balaban J connectivity index is 1.52. The van der Waals surface area contributed by atoms with E-state index in [1.807, 2.05) is 53.2 Å². The van der Waals surface area contributed by atoms with Gasteiger partial charge in [-0.1, -0.05) is 18.2 Å². The number of thiophene rings is 2. The molecule has 0 bridgehead atoms. The van der Waals surface area contributed by atoms with Crippen LogP contribution in [0.2, 0.25) is 0 Å². The van der Waals surface area contributed by atoms with Crippen molar-refractivity contribution in [1.29, 1.82) is 0 Å². The molecule has 1 aliphatic heterocycles. The number of fused-ring (bicyclic) bond motifs is 1. The molecule has 0 aliphatic carbocycles. The van der Waals surface area contributed by atoms with E-state index in [4.69, 9.17) is 0 Å². The molecule has 126 valence electrons. The van der Waals surface area contributed by atoms with E-state index in [2.05, 4.69) is 5.32 Å². The summed E-state index contributed by atoms with van der Waals surface area (Å²) in [5.41, 5.74) is 2.76. The monoisotopic (exact) mass is 368 g/mol. The minimum atomic E-state index is -0.0449. The third-order valence-electron chi connectivity index (χ3n) is 4.16. The summed E-state index contributed by atoms with van der Waals surface area (Å²) >= 11 is 3.02. The van der Waals surface area contributed by atoms with E-state index >= 15 is 0 Å². The zero-order chi connectivity index (χ0) is 17.2. The van der Waals surface area contributed by atoms with Crippen molar-refractivity contribution < 1.29 is 9.59 Å². The standard InChI is InChI=1S/C19H16N2O2S2/c22-18(12-15-3-1-9-24-15)20-14-6-5-13-7-8-21(16(13)11-14)19(23)17-4-2-10-25-17/h1-6,9-11H,7-8,12H2,(H,20,22). The first-order chi connectivity index (χ1) is 12.2. The minimum absolute atomic E-state index is 0.0239. The molecule has 0 atom stereocenters.